The van der Waals surface area contributed by atoms with Crippen molar-refractivity contribution in [2.45, 2.75) is 6.92 Å². The van der Waals surface area contributed by atoms with E-state index in [1.165, 1.54) is 27.8 Å². The van der Waals surface area contributed by atoms with E-state index in [9.17, 15) is 0 Å². The largest absolute Gasteiger partial charge is 0.354 e. The van der Waals surface area contributed by atoms with Gasteiger partial charge in [0, 0.05) is 33.6 Å². The molecule has 0 aromatic heterocycles. The molecule has 216 valence electrons. The molecule has 0 aliphatic carbocycles. The Morgan fingerprint density at radius 3 is 0.889 bits per heavy atom. The molecule has 0 aliphatic heterocycles. The zero-order valence-electron chi connectivity index (χ0n) is 25.2. The standard InChI is InChI=1S/C43H34N2/c1-31-28-36(44-42-38(32-16-6-2-7-17-32)24-14-25-39(42)33-18-8-3-9-19-33)30-37(29-31)45-43-40(34-20-10-4-11-21-34)26-15-27-41(43)35-22-12-5-13-23-35/h2-30,44-45H,1H3. The van der Waals surface area contributed by atoms with Crippen LogP contribution in [0.5, 0.6) is 0 Å². The second-order valence-electron chi connectivity index (χ2n) is 11.3. The molecule has 0 radical (unpaired) electrons. The molecule has 0 saturated carbocycles. The number of hydrogen-bond donors (Lipinski definition) is 2. The topological polar surface area (TPSA) is 24.1 Å². The molecule has 0 amide bonds. The maximum atomic E-state index is 3.86. The van der Waals surface area contributed by atoms with Gasteiger partial charge in [-0.25, -0.2) is 0 Å². The Labute approximate surface area is 265 Å². The molecule has 0 fully saturated rings. The van der Waals surface area contributed by atoms with Gasteiger partial charge in [-0.1, -0.05) is 158 Å². The first-order valence-electron chi connectivity index (χ1n) is 15.4. The predicted molar refractivity (Wildman–Crippen MR) is 192 cm³/mol. The van der Waals surface area contributed by atoms with Crippen molar-refractivity contribution >= 4 is 22.7 Å². The fourth-order valence-corrected chi connectivity index (χ4v) is 6.02. The number of hydrogen-bond acceptors (Lipinski definition) is 2. The third-order valence-corrected chi connectivity index (χ3v) is 8.08. The van der Waals surface area contributed by atoms with Gasteiger partial charge in [0.15, 0.2) is 0 Å². The third-order valence-electron chi connectivity index (χ3n) is 8.08. The minimum absolute atomic E-state index is 1.02. The average Bonchev–Trinajstić information content (AvgIpc) is 3.10. The lowest BCUT2D eigenvalue weighted by Gasteiger charge is -2.20. The van der Waals surface area contributed by atoms with Crippen LogP contribution < -0.4 is 10.6 Å². The van der Waals surface area contributed by atoms with Crippen LogP contribution in [0.3, 0.4) is 0 Å². The van der Waals surface area contributed by atoms with E-state index >= 15 is 0 Å². The number of para-hydroxylation sites is 2. The van der Waals surface area contributed by atoms with Gasteiger partial charge in [-0.3, -0.25) is 0 Å². The van der Waals surface area contributed by atoms with Crippen molar-refractivity contribution in [3.05, 3.63) is 181 Å². The summed E-state index contributed by atoms with van der Waals surface area (Å²) in [5, 5.41) is 7.72. The van der Waals surface area contributed by atoms with E-state index in [2.05, 4.69) is 193 Å². The lowest BCUT2D eigenvalue weighted by Crippen LogP contribution is -2.00. The van der Waals surface area contributed by atoms with Crippen LogP contribution >= 0.6 is 0 Å². The molecule has 2 nitrogen and oxygen atoms in total. The van der Waals surface area contributed by atoms with E-state index in [1.807, 2.05) is 0 Å². The summed E-state index contributed by atoms with van der Waals surface area (Å²) >= 11 is 0. The molecule has 0 heterocycles. The first-order valence-corrected chi connectivity index (χ1v) is 15.4. The summed E-state index contributed by atoms with van der Waals surface area (Å²) < 4.78 is 0. The SMILES string of the molecule is Cc1cc(Nc2c(-c3ccccc3)cccc2-c2ccccc2)cc(Nc2c(-c3ccccc3)cccc2-c2ccccc2)c1. The van der Waals surface area contributed by atoms with Gasteiger partial charge in [0.2, 0.25) is 0 Å². The maximum Gasteiger partial charge on any atom is 0.0543 e. The summed E-state index contributed by atoms with van der Waals surface area (Å²) in [4.78, 5) is 0. The zero-order chi connectivity index (χ0) is 30.4. The van der Waals surface area contributed by atoms with Gasteiger partial charge in [0.05, 0.1) is 11.4 Å². The number of rotatable bonds is 8. The highest BCUT2D eigenvalue weighted by molar-refractivity contribution is 5.95. The Morgan fingerprint density at radius 2 is 0.600 bits per heavy atom. The molecular formula is C43H34N2. The highest BCUT2D eigenvalue weighted by Crippen LogP contribution is 2.41. The minimum atomic E-state index is 1.02. The molecule has 2 N–H and O–H groups in total. The highest BCUT2D eigenvalue weighted by atomic mass is 14.9. The van der Waals surface area contributed by atoms with Crippen molar-refractivity contribution in [3.63, 3.8) is 0 Å². The van der Waals surface area contributed by atoms with Gasteiger partial charge in [-0.2, -0.15) is 0 Å². The summed E-state index contributed by atoms with van der Waals surface area (Å²) in [5.41, 5.74) is 14.7. The van der Waals surface area contributed by atoms with Crippen molar-refractivity contribution in [1.82, 2.24) is 0 Å². The van der Waals surface area contributed by atoms with Crippen molar-refractivity contribution in [1.29, 1.82) is 0 Å². The summed E-state index contributed by atoms with van der Waals surface area (Å²) in [7, 11) is 0. The van der Waals surface area contributed by atoms with Crippen LogP contribution in [0.15, 0.2) is 176 Å². The first-order chi connectivity index (χ1) is 22.2. The monoisotopic (exact) mass is 578 g/mol. The summed E-state index contributed by atoms with van der Waals surface area (Å²) in [6, 6.07) is 62.1. The first kappa shape index (κ1) is 27.9. The van der Waals surface area contributed by atoms with Crippen LogP contribution in [0.1, 0.15) is 5.56 Å². The normalized spacial score (nSPS) is 10.8. The Balaban J connectivity index is 1.33. The number of benzene rings is 7. The molecule has 0 saturated heterocycles. The van der Waals surface area contributed by atoms with Gasteiger partial charge in [-0.15, -0.1) is 0 Å². The van der Waals surface area contributed by atoms with E-state index in [0.717, 1.165) is 45.0 Å². The van der Waals surface area contributed by atoms with Crippen LogP contribution in [0.2, 0.25) is 0 Å². The Hall–Kier alpha value is -5.86. The van der Waals surface area contributed by atoms with Crippen LogP contribution in [0, 0.1) is 6.92 Å². The fraction of sp³-hybridized carbons (Fsp3) is 0.0233. The smallest absolute Gasteiger partial charge is 0.0543 e. The van der Waals surface area contributed by atoms with Crippen molar-refractivity contribution in [2.75, 3.05) is 10.6 Å². The Bertz CT molecular complexity index is 1770. The molecule has 0 atom stereocenters. The fourth-order valence-electron chi connectivity index (χ4n) is 6.02. The maximum absolute atomic E-state index is 3.86. The molecule has 7 aromatic rings. The highest BCUT2D eigenvalue weighted by Gasteiger charge is 2.15. The molecule has 2 heteroatoms. The lowest BCUT2D eigenvalue weighted by molar-refractivity contribution is 1.43. The average molecular weight is 579 g/mol. The van der Waals surface area contributed by atoms with Crippen molar-refractivity contribution < 1.29 is 0 Å². The van der Waals surface area contributed by atoms with Crippen molar-refractivity contribution in [3.8, 4) is 44.5 Å². The Morgan fingerprint density at radius 1 is 0.311 bits per heavy atom. The van der Waals surface area contributed by atoms with Gasteiger partial charge in [0.25, 0.3) is 0 Å². The molecule has 0 aliphatic rings. The third kappa shape index (κ3) is 6.13. The minimum Gasteiger partial charge on any atom is -0.354 e. The number of nitrogens with one attached hydrogen (secondary N) is 2. The van der Waals surface area contributed by atoms with Crippen molar-refractivity contribution in [2.24, 2.45) is 0 Å². The van der Waals surface area contributed by atoms with Gasteiger partial charge < -0.3 is 10.6 Å². The van der Waals surface area contributed by atoms with Crippen LogP contribution in [0.4, 0.5) is 22.7 Å². The predicted octanol–water partition coefficient (Wildman–Crippen LogP) is 12.2. The summed E-state index contributed by atoms with van der Waals surface area (Å²) in [6.07, 6.45) is 0. The second-order valence-corrected chi connectivity index (χ2v) is 11.3. The zero-order valence-corrected chi connectivity index (χ0v) is 25.2. The quantitative estimate of drug-likeness (QED) is 0.187. The summed E-state index contributed by atoms with van der Waals surface area (Å²) in [5.74, 6) is 0. The molecule has 7 aromatic carbocycles. The van der Waals surface area contributed by atoms with E-state index in [0.29, 0.717) is 0 Å². The molecule has 0 spiro atoms. The van der Waals surface area contributed by atoms with E-state index in [-0.39, 0.29) is 0 Å². The Kier molecular flexibility index (Phi) is 7.94. The van der Waals surface area contributed by atoms with Gasteiger partial charge >= 0.3 is 0 Å². The molecule has 45 heavy (non-hydrogen) atoms. The van der Waals surface area contributed by atoms with Crippen LogP contribution in [-0.2, 0) is 0 Å². The van der Waals surface area contributed by atoms with E-state index < -0.39 is 0 Å². The molecule has 7 rings (SSSR count). The van der Waals surface area contributed by atoms with Gasteiger partial charge in [-0.05, 0) is 52.9 Å². The van der Waals surface area contributed by atoms with Crippen LogP contribution in [-0.4, -0.2) is 0 Å². The van der Waals surface area contributed by atoms with Crippen LogP contribution in [0.25, 0.3) is 44.5 Å². The molecule has 0 bridgehead atoms. The second kappa shape index (κ2) is 12.8. The molecule has 0 unspecified atom stereocenters. The number of aryl methyl sites for hydroxylation is 1. The summed E-state index contributed by atoms with van der Waals surface area (Å²) in [6.45, 7) is 2.15. The number of anilines is 4. The van der Waals surface area contributed by atoms with E-state index in [1.54, 1.807) is 0 Å². The van der Waals surface area contributed by atoms with E-state index in [4.69, 9.17) is 0 Å². The lowest BCUT2D eigenvalue weighted by atomic mass is 9.95. The molecular weight excluding hydrogens is 544 g/mol. The van der Waals surface area contributed by atoms with Gasteiger partial charge in [0.1, 0.15) is 0 Å².